The van der Waals surface area contributed by atoms with Gasteiger partial charge in [0.2, 0.25) is 11.8 Å². The van der Waals surface area contributed by atoms with Crippen molar-refractivity contribution in [1.29, 1.82) is 0 Å². The average molecular weight is 914 g/mol. The number of hydrogen-bond acceptors (Lipinski definition) is 9. The van der Waals surface area contributed by atoms with E-state index in [4.69, 9.17) is 11.5 Å². The fourth-order valence-corrected chi connectivity index (χ4v) is 15.7. The molecule has 15 nitrogen and oxygen atoms in total. The standard InChI is InChI=1S/C52H63N7O8/c1-48(2,3)30-16-20-35(21-17-30)57-38(42-28-6-18-36(24-28)58(42)51(44(62)55-46(64)65)33-12-8-31(9-13-33)49(51,4)26-40(53)60)22-23-39(57)43-29-7-19-37(25-29)59(43)52(45(63)56-47(66)67)34-14-10-32(11-15-34)50(52,5)27-41(54)61/h8-17,20-21,28-29,36-39,42-43H,6-7,18-19,22-27H2,1-5H3,(H2,53,60)(H2,54,61)(H,55,62)(H,56,63)(H,64,65)(H,66,67)/t28?,29?,36?,37?,38-,39-,42?,43?,49-,50-,51+,52+/m0/s1. The number of nitrogens with one attached hydrogen (secondary N) is 2. The minimum absolute atomic E-state index is 0.110. The molecule has 15 heteroatoms. The number of nitrogens with two attached hydrogens (primary N) is 2. The van der Waals surface area contributed by atoms with E-state index >= 15 is 9.59 Å². The molecule has 0 aromatic heterocycles. The van der Waals surface area contributed by atoms with Crippen molar-refractivity contribution in [3.63, 3.8) is 0 Å². The van der Waals surface area contributed by atoms with Gasteiger partial charge in [0.05, 0.1) is 0 Å². The first-order valence-electron chi connectivity index (χ1n) is 24.0. The van der Waals surface area contributed by atoms with Gasteiger partial charge in [-0.2, -0.15) is 0 Å². The summed E-state index contributed by atoms with van der Waals surface area (Å²) in [5, 5.41) is 25.1. The summed E-state index contributed by atoms with van der Waals surface area (Å²) in [7, 11) is 0. The molecule has 0 radical (unpaired) electrons. The molecule has 8 bridgehead atoms. The van der Waals surface area contributed by atoms with E-state index in [-0.39, 0.29) is 66.3 Å². The third kappa shape index (κ3) is 6.21. The molecule has 0 spiro atoms. The molecule has 8 N–H and O–H groups in total. The van der Waals surface area contributed by atoms with E-state index in [0.717, 1.165) is 60.9 Å². The highest BCUT2D eigenvalue weighted by atomic mass is 16.4. The summed E-state index contributed by atoms with van der Waals surface area (Å²) in [5.74, 6) is -2.37. The summed E-state index contributed by atoms with van der Waals surface area (Å²) in [5.41, 5.74) is 11.1. The van der Waals surface area contributed by atoms with Gasteiger partial charge in [-0.15, -0.1) is 0 Å². The van der Waals surface area contributed by atoms with Crippen molar-refractivity contribution >= 4 is 41.5 Å². The number of nitrogens with zero attached hydrogens (tertiary/aromatic N) is 3. The Labute approximate surface area is 391 Å². The Morgan fingerprint density at radius 1 is 0.582 bits per heavy atom. The third-order valence-electron chi connectivity index (χ3n) is 18.0. The second-order valence-corrected chi connectivity index (χ2v) is 22.2. The predicted octanol–water partition coefficient (Wildman–Crippen LogP) is 5.70. The molecule has 9 aliphatic rings. The Balaban J connectivity index is 1.17. The van der Waals surface area contributed by atoms with E-state index in [0.29, 0.717) is 24.0 Å². The molecule has 12 atom stereocenters. The van der Waals surface area contributed by atoms with E-state index < -0.39 is 57.7 Å². The van der Waals surface area contributed by atoms with E-state index in [1.54, 1.807) is 0 Å². The largest absolute Gasteiger partial charge is 0.465 e. The van der Waals surface area contributed by atoms with Gasteiger partial charge in [-0.05, 0) is 109 Å². The fourth-order valence-electron chi connectivity index (χ4n) is 15.7. The number of amides is 6. The SMILES string of the molecule is CC(C)(C)c1ccc(N2[C@H](C3C4CCC(C4)N3[C@@]3(C(=O)NC(=O)O)c4ccc(cc4)[C@]3(C)CC(N)=O)CC[C@H]2C2C3CCC(C3)N2[C@@]2(C(=O)NC(=O)O)c3ccc(cc3)[C@]2(C)CC(N)=O)cc1. The average Bonchev–Trinajstić information content (AvgIpc) is 4.11. The van der Waals surface area contributed by atoms with E-state index in [2.05, 4.69) is 70.4 Å². The first kappa shape index (κ1) is 45.0. The lowest BCUT2D eigenvalue weighted by atomic mass is 9.55. The molecule has 5 fully saturated rings. The summed E-state index contributed by atoms with van der Waals surface area (Å²) in [6.45, 7) is 10.3. The van der Waals surface area contributed by atoms with Crippen molar-refractivity contribution in [3.05, 3.63) is 101 Å². The highest BCUT2D eigenvalue weighted by molar-refractivity contribution is 6.01. The van der Waals surface area contributed by atoms with Crippen LogP contribution in [0.2, 0.25) is 0 Å². The van der Waals surface area contributed by atoms with Crippen LogP contribution in [0.15, 0.2) is 72.8 Å². The molecule has 2 saturated carbocycles. The Bertz CT molecular complexity index is 2420. The number of likely N-dealkylation sites (tertiary alicyclic amines) is 2. The third-order valence-corrected chi connectivity index (χ3v) is 18.0. The maximum Gasteiger partial charge on any atom is 0.411 e. The van der Waals surface area contributed by atoms with Crippen LogP contribution in [0.25, 0.3) is 0 Å². The molecule has 6 unspecified atom stereocenters. The molecule has 3 aromatic carbocycles. The predicted molar refractivity (Wildman–Crippen MR) is 249 cm³/mol. The van der Waals surface area contributed by atoms with Crippen LogP contribution in [0.4, 0.5) is 15.3 Å². The van der Waals surface area contributed by atoms with Gasteiger partial charge in [0, 0.05) is 65.6 Å². The zero-order valence-electron chi connectivity index (χ0n) is 39.0. The molecular weight excluding hydrogens is 851 g/mol. The van der Waals surface area contributed by atoms with Crippen molar-refractivity contribution in [2.75, 3.05) is 4.90 Å². The minimum atomic E-state index is -1.61. The molecule has 67 heavy (non-hydrogen) atoms. The van der Waals surface area contributed by atoms with Crippen LogP contribution in [0.3, 0.4) is 0 Å². The molecule has 3 aliphatic heterocycles. The number of primary amides is 2. The zero-order valence-corrected chi connectivity index (χ0v) is 39.0. The maximum absolute atomic E-state index is 15.2. The van der Waals surface area contributed by atoms with Crippen LogP contribution in [-0.4, -0.2) is 92.1 Å². The van der Waals surface area contributed by atoms with E-state index in [9.17, 15) is 29.4 Å². The van der Waals surface area contributed by atoms with Gasteiger partial charge in [0.15, 0.2) is 0 Å². The fraction of sp³-hybridized carbons (Fsp3) is 0.538. The maximum atomic E-state index is 15.2. The number of carbonyl (C=O) groups is 6. The number of imide groups is 2. The van der Waals surface area contributed by atoms with Gasteiger partial charge >= 0.3 is 12.2 Å². The highest BCUT2D eigenvalue weighted by Gasteiger charge is 2.72. The number of carboxylic acid groups (broad SMARTS) is 2. The van der Waals surface area contributed by atoms with Crippen LogP contribution in [0.1, 0.15) is 127 Å². The quantitative estimate of drug-likeness (QED) is 0.137. The molecular formula is C52H63N7O8. The molecule has 12 rings (SSSR count). The van der Waals surface area contributed by atoms with Crippen LogP contribution in [-0.2, 0) is 46.5 Å². The van der Waals surface area contributed by atoms with Crippen molar-refractivity contribution in [2.24, 2.45) is 23.3 Å². The van der Waals surface area contributed by atoms with Gasteiger partial charge in [0.1, 0.15) is 11.1 Å². The molecule has 3 saturated heterocycles. The van der Waals surface area contributed by atoms with Gasteiger partial charge in [-0.3, -0.25) is 39.6 Å². The van der Waals surface area contributed by atoms with Crippen molar-refractivity contribution in [1.82, 2.24) is 20.4 Å². The number of hydrogen-bond donors (Lipinski definition) is 6. The van der Waals surface area contributed by atoms with Crippen molar-refractivity contribution < 1.29 is 39.0 Å². The Morgan fingerprint density at radius 3 is 1.30 bits per heavy atom. The van der Waals surface area contributed by atoms with Gasteiger partial charge in [0.25, 0.3) is 11.8 Å². The van der Waals surface area contributed by atoms with Gasteiger partial charge in [-0.1, -0.05) is 95.3 Å². The summed E-state index contributed by atoms with van der Waals surface area (Å²) < 4.78 is 0. The normalized spacial score (nSPS) is 35.9. The smallest absolute Gasteiger partial charge is 0.411 e. The van der Waals surface area contributed by atoms with Crippen LogP contribution in [0, 0.1) is 11.8 Å². The van der Waals surface area contributed by atoms with E-state index in [1.165, 1.54) is 0 Å². The number of anilines is 1. The van der Waals surface area contributed by atoms with Crippen molar-refractivity contribution in [2.45, 2.75) is 162 Å². The summed E-state index contributed by atoms with van der Waals surface area (Å²) in [6, 6.07) is 22.6. The first-order chi connectivity index (χ1) is 31.7. The van der Waals surface area contributed by atoms with Gasteiger partial charge in [-0.25, -0.2) is 9.59 Å². The summed E-state index contributed by atoms with van der Waals surface area (Å²) >= 11 is 0. The Kier molecular flexibility index (Phi) is 10.3. The monoisotopic (exact) mass is 913 g/mol. The molecule has 3 heterocycles. The number of carbonyl (C=O) groups excluding carboxylic acids is 4. The lowest BCUT2D eigenvalue weighted by Gasteiger charge is -2.61. The summed E-state index contributed by atoms with van der Waals surface area (Å²) in [4.78, 5) is 89.2. The van der Waals surface area contributed by atoms with Crippen LogP contribution < -0.4 is 27.0 Å². The van der Waals surface area contributed by atoms with Gasteiger partial charge < -0.3 is 26.6 Å². The Morgan fingerprint density at radius 2 is 0.955 bits per heavy atom. The highest BCUT2D eigenvalue weighted by Crippen LogP contribution is 2.64. The van der Waals surface area contributed by atoms with Crippen molar-refractivity contribution in [3.8, 4) is 0 Å². The van der Waals surface area contributed by atoms with E-state index in [1.807, 2.05) is 62.4 Å². The minimum Gasteiger partial charge on any atom is -0.465 e. The number of fused-ring (bicyclic) bond motifs is 10. The number of rotatable bonds is 11. The lowest BCUT2D eigenvalue weighted by molar-refractivity contribution is -0.149. The molecule has 6 amide bonds. The second-order valence-electron chi connectivity index (χ2n) is 22.2. The molecule has 6 aliphatic carbocycles. The van der Waals surface area contributed by atoms with Crippen LogP contribution in [0.5, 0.6) is 0 Å². The number of piperidine rings is 2. The molecule has 3 aromatic rings. The first-order valence-corrected chi connectivity index (χ1v) is 24.0. The summed E-state index contributed by atoms with van der Waals surface area (Å²) in [6.07, 6.45) is 3.02. The molecule has 354 valence electrons. The van der Waals surface area contributed by atoms with Crippen LogP contribution >= 0.6 is 0 Å². The number of benzene rings is 3. The zero-order chi connectivity index (χ0) is 47.7. The topological polar surface area (TPSA) is 229 Å². The lowest BCUT2D eigenvalue weighted by Crippen LogP contribution is -2.74. The second kappa shape index (κ2) is 15.4. The Hall–Kier alpha value is -5.80.